The van der Waals surface area contributed by atoms with E-state index in [0.29, 0.717) is 6.42 Å². The Kier molecular flexibility index (Phi) is 7.69. The van der Waals surface area contributed by atoms with E-state index in [4.69, 9.17) is 9.47 Å². The molecule has 0 radical (unpaired) electrons. The number of rotatable bonds is 4. The molecular weight excluding hydrogens is 580 g/mol. The summed E-state index contributed by atoms with van der Waals surface area (Å²) in [5.41, 5.74) is 8.09. The maximum atomic E-state index is 13.6. The first-order valence-corrected chi connectivity index (χ1v) is 17.3. The Morgan fingerprint density at radius 1 is 0.617 bits per heavy atom. The van der Waals surface area contributed by atoms with Crippen LogP contribution >= 0.6 is 0 Å². The fourth-order valence-electron chi connectivity index (χ4n) is 8.23. The number of hydrogen-bond donors (Lipinski definition) is 0. The third-order valence-corrected chi connectivity index (χ3v) is 10.7. The maximum absolute atomic E-state index is 13.6. The van der Waals surface area contributed by atoms with Crippen LogP contribution in [0.3, 0.4) is 0 Å². The number of benzene rings is 4. The van der Waals surface area contributed by atoms with E-state index in [1.54, 1.807) is 0 Å². The van der Waals surface area contributed by atoms with Crippen LogP contribution in [0.4, 0.5) is 0 Å². The molecule has 2 heterocycles. The van der Waals surface area contributed by atoms with Crippen LogP contribution in [-0.2, 0) is 25.8 Å². The highest BCUT2D eigenvalue weighted by molar-refractivity contribution is 5.90. The van der Waals surface area contributed by atoms with Crippen molar-refractivity contribution in [3.63, 3.8) is 0 Å². The van der Waals surface area contributed by atoms with Crippen LogP contribution in [-0.4, -0.2) is 11.9 Å². The molecule has 4 aromatic carbocycles. The molecule has 1 aliphatic carbocycles. The van der Waals surface area contributed by atoms with Crippen LogP contribution in [0.15, 0.2) is 84.9 Å². The van der Waals surface area contributed by atoms with Crippen molar-refractivity contribution in [2.45, 2.75) is 108 Å². The minimum Gasteiger partial charge on any atom is -0.426 e. The second-order valence-electron chi connectivity index (χ2n) is 15.9. The Bertz CT molecular complexity index is 1830. The zero-order chi connectivity index (χ0) is 33.1. The van der Waals surface area contributed by atoms with E-state index in [2.05, 4.69) is 90.1 Å². The number of carbonyl (C=O) groups is 2. The molecule has 4 aromatic rings. The minimum absolute atomic E-state index is 0.0761. The summed E-state index contributed by atoms with van der Waals surface area (Å²) in [6.07, 6.45) is 5.80. The Hall–Kier alpha value is -4.18. The first-order valence-electron chi connectivity index (χ1n) is 17.3. The normalized spacial score (nSPS) is 20.6. The molecule has 0 saturated heterocycles. The lowest BCUT2D eigenvalue weighted by Crippen LogP contribution is -2.33. The van der Waals surface area contributed by atoms with Gasteiger partial charge in [0.25, 0.3) is 0 Å². The largest absolute Gasteiger partial charge is 0.426 e. The summed E-state index contributed by atoms with van der Waals surface area (Å²) in [5.74, 6) is 0.536. The summed E-state index contributed by atoms with van der Waals surface area (Å²) in [4.78, 5) is 26.7. The van der Waals surface area contributed by atoms with Gasteiger partial charge in [-0.25, -0.2) is 0 Å². The second-order valence-corrected chi connectivity index (χ2v) is 15.9. The van der Waals surface area contributed by atoms with Crippen molar-refractivity contribution in [3.8, 4) is 11.5 Å². The van der Waals surface area contributed by atoms with Gasteiger partial charge < -0.3 is 9.47 Å². The van der Waals surface area contributed by atoms with Crippen molar-refractivity contribution < 1.29 is 19.1 Å². The van der Waals surface area contributed by atoms with Crippen LogP contribution in [0.5, 0.6) is 11.5 Å². The molecule has 2 unspecified atom stereocenters. The molecule has 0 amide bonds. The van der Waals surface area contributed by atoms with Gasteiger partial charge in [0.2, 0.25) is 0 Å². The average Bonchev–Trinajstić information content (AvgIpc) is 3.39. The minimum atomic E-state index is -0.455. The molecular formula is C43H46O4. The van der Waals surface area contributed by atoms with Gasteiger partial charge in [-0.1, -0.05) is 140 Å². The van der Waals surface area contributed by atoms with E-state index in [-0.39, 0.29) is 34.1 Å². The molecule has 4 nitrogen and oxygen atoms in total. The number of carbonyl (C=O) groups excluding carboxylic acids is 2. The summed E-state index contributed by atoms with van der Waals surface area (Å²) in [5, 5.41) is 0. The number of esters is 2. The van der Waals surface area contributed by atoms with Crippen molar-refractivity contribution in [1.82, 2.24) is 0 Å². The van der Waals surface area contributed by atoms with Gasteiger partial charge in [0, 0.05) is 33.6 Å². The summed E-state index contributed by atoms with van der Waals surface area (Å²) in [6.45, 7) is 13.2. The standard InChI is InChI=1S/C43H46O4/c1-41(2,3)34-24-29(22-32-31(26-36(44)46-38(32)34)27-16-10-7-11-17-27)43(20-14-9-15-21-43)30-23-33-37(28-18-12-8-13-19-28)40(45)47-39(33)35(25-30)42(4,5)6/h7-8,10-13,16-19,22-25,31,37H,9,14-15,20-21,26H2,1-6H3. The van der Waals surface area contributed by atoms with Crippen LogP contribution in [0.25, 0.3) is 0 Å². The molecule has 3 aliphatic rings. The quantitative estimate of drug-likeness (QED) is 0.167. The Balaban J connectivity index is 1.50. The van der Waals surface area contributed by atoms with Crippen LogP contribution in [0, 0.1) is 0 Å². The predicted octanol–water partition coefficient (Wildman–Crippen LogP) is 10.0. The first kappa shape index (κ1) is 31.4. The SMILES string of the molecule is CC(C)(C)c1cc(C2(c3cc4c(c(C(C)(C)C)c3)OC(=O)C4c3ccccc3)CCCCC2)cc2c1OC(=O)CC2c1ccccc1. The van der Waals surface area contributed by atoms with Crippen LogP contribution < -0.4 is 9.47 Å². The van der Waals surface area contributed by atoms with E-state index in [0.717, 1.165) is 70.6 Å². The summed E-state index contributed by atoms with van der Waals surface area (Å²) >= 11 is 0. The fourth-order valence-corrected chi connectivity index (χ4v) is 8.23. The summed E-state index contributed by atoms with van der Waals surface area (Å²) in [7, 11) is 0. The smallest absolute Gasteiger partial charge is 0.323 e. The predicted molar refractivity (Wildman–Crippen MR) is 187 cm³/mol. The molecule has 0 spiro atoms. The molecule has 4 heteroatoms. The van der Waals surface area contributed by atoms with Gasteiger partial charge in [-0.05, 0) is 52.0 Å². The highest BCUT2D eigenvalue weighted by Crippen LogP contribution is 2.54. The molecule has 242 valence electrons. The Labute approximate surface area is 279 Å². The van der Waals surface area contributed by atoms with Gasteiger partial charge >= 0.3 is 11.9 Å². The average molecular weight is 627 g/mol. The van der Waals surface area contributed by atoms with Crippen molar-refractivity contribution in [3.05, 3.63) is 129 Å². The molecule has 7 rings (SSSR count). The molecule has 0 bridgehead atoms. The number of hydrogen-bond acceptors (Lipinski definition) is 4. The lowest BCUT2D eigenvalue weighted by molar-refractivity contribution is -0.136. The van der Waals surface area contributed by atoms with Gasteiger partial charge in [0.15, 0.2) is 0 Å². The van der Waals surface area contributed by atoms with E-state index in [1.807, 2.05) is 36.4 Å². The molecule has 1 saturated carbocycles. The zero-order valence-corrected chi connectivity index (χ0v) is 28.6. The van der Waals surface area contributed by atoms with Crippen LogP contribution in [0.1, 0.15) is 136 Å². The zero-order valence-electron chi connectivity index (χ0n) is 28.6. The van der Waals surface area contributed by atoms with E-state index in [1.165, 1.54) is 17.5 Å². The molecule has 47 heavy (non-hydrogen) atoms. The van der Waals surface area contributed by atoms with E-state index >= 15 is 0 Å². The maximum Gasteiger partial charge on any atom is 0.323 e. The number of fused-ring (bicyclic) bond motifs is 2. The third kappa shape index (κ3) is 5.50. The summed E-state index contributed by atoms with van der Waals surface area (Å²) < 4.78 is 12.3. The summed E-state index contributed by atoms with van der Waals surface area (Å²) in [6, 6.07) is 29.8. The Morgan fingerprint density at radius 2 is 1.13 bits per heavy atom. The highest BCUT2D eigenvalue weighted by Gasteiger charge is 2.44. The number of ether oxygens (including phenoxy) is 2. The molecule has 2 aliphatic heterocycles. The lowest BCUT2D eigenvalue weighted by Gasteiger charge is -2.42. The molecule has 0 N–H and O–H groups in total. The fraction of sp³-hybridized carbons (Fsp3) is 0.395. The molecule has 1 fully saturated rings. The van der Waals surface area contributed by atoms with Crippen molar-refractivity contribution in [2.24, 2.45) is 0 Å². The van der Waals surface area contributed by atoms with Gasteiger partial charge in [0.05, 0.1) is 6.42 Å². The van der Waals surface area contributed by atoms with E-state index in [9.17, 15) is 9.59 Å². The van der Waals surface area contributed by atoms with Crippen molar-refractivity contribution in [2.75, 3.05) is 0 Å². The monoisotopic (exact) mass is 626 g/mol. The molecule has 2 atom stereocenters. The van der Waals surface area contributed by atoms with E-state index < -0.39 is 5.92 Å². The van der Waals surface area contributed by atoms with Crippen molar-refractivity contribution in [1.29, 1.82) is 0 Å². The van der Waals surface area contributed by atoms with Gasteiger partial charge in [0.1, 0.15) is 17.4 Å². The second kappa shape index (κ2) is 11.5. The van der Waals surface area contributed by atoms with Gasteiger partial charge in [-0.2, -0.15) is 0 Å². The van der Waals surface area contributed by atoms with Gasteiger partial charge in [-0.15, -0.1) is 0 Å². The first-order chi connectivity index (χ1) is 22.4. The Morgan fingerprint density at radius 3 is 1.68 bits per heavy atom. The van der Waals surface area contributed by atoms with Gasteiger partial charge in [-0.3, -0.25) is 9.59 Å². The molecule has 0 aromatic heterocycles. The highest BCUT2D eigenvalue weighted by atomic mass is 16.5. The topological polar surface area (TPSA) is 52.6 Å². The van der Waals surface area contributed by atoms with Crippen LogP contribution in [0.2, 0.25) is 0 Å². The van der Waals surface area contributed by atoms with Crippen molar-refractivity contribution >= 4 is 11.9 Å². The lowest BCUT2D eigenvalue weighted by atomic mass is 9.62. The third-order valence-electron chi connectivity index (χ3n) is 10.7.